The third-order valence-electron chi connectivity index (χ3n) is 6.98. The number of aliphatic hydroxyl groups is 2. The first-order chi connectivity index (χ1) is 16.8. The van der Waals surface area contributed by atoms with Crippen LogP contribution in [0.5, 0.6) is 5.75 Å². The molecule has 0 spiro atoms. The summed E-state index contributed by atoms with van der Waals surface area (Å²) in [4.78, 5) is 19.2. The molecule has 2 aromatic rings. The van der Waals surface area contributed by atoms with E-state index in [-0.39, 0.29) is 30.6 Å². The largest absolute Gasteiger partial charge is 0.497 e. The standard InChI is InChI=1S/C27H34N4O4/c1-5-18-6-8-19(9-7-18)26-22(14-29(2)3)31-17-25(33)24(32)16-30(15-23(26)31)27(34)28-20-10-12-21(35-4)13-11-20/h1,6-13,22-26,32-33H,14-17H2,2-4H3,(H,28,34)/t22-,23+,24+,25-,26+/m1/s1. The second-order valence-corrected chi connectivity index (χ2v) is 9.58. The van der Waals surface area contributed by atoms with Crippen LogP contribution in [0.2, 0.25) is 0 Å². The molecule has 2 aromatic carbocycles. The summed E-state index contributed by atoms with van der Waals surface area (Å²) in [6, 6.07) is 14.9. The SMILES string of the molecule is C#Cc1ccc([C@H]2[C@@H](CN(C)C)N3C[C@@H](O)[C@@H](O)CN(C(=O)Nc4ccc(OC)cc4)C[C@@H]23)cc1. The minimum Gasteiger partial charge on any atom is -0.497 e. The summed E-state index contributed by atoms with van der Waals surface area (Å²) in [5.41, 5.74) is 2.61. The van der Waals surface area contributed by atoms with Gasteiger partial charge in [0.25, 0.3) is 0 Å². The molecule has 4 rings (SSSR count). The number of hydrogen-bond donors (Lipinski definition) is 3. The van der Waals surface area contributed by atoms with Gasteiger partial charge in [0, 0.05) is 48.9 Å². The van der Waals surface area contributed by atoms with Crippen molar-refractivity contribution in [1.82, 2.24) is 14.7 Å². The zero-order valence-electron chi connectivity index (χ0n) is 20.5. The van der Waals surface area contributed by atoms with Crippen LogP contribution in [-0.2, 0) is 0 Å². The van der Waals surface area contributed by atoms with E-state index >= 15 is 0 Å². The molecule has 35 heavy (non-hydrogen) atoms. The molecule has 2 fully saturated rings. The van der Waals surface area contributed by atoms with Gasteiger partial charge in [-0.15, -0.1) is 6.42 Å². The lowest BCUT2D eigenvalue weighted by molar-refractivity contribution is -0.105. The van der Waals surface area contributed by atoms with E-state index in [1.165, 1.54) is 0 Å². The second-order valence-electron chi connectivity index (χ2n) is 9.58. The first-order valence-electron chi connectivity index (χ1n) is 11.8. The molecule has 186 valence electrons. The fraction of sp³-hybridized carbons (Fsp3) is 0.444. The molecule has 0 saturated carbocycles. The van der Waals surface area contributed by atoms with Gasteiger partial charge >= 0.3 is 6.03 Å². The number of hydrogen-bond acceptors (Lipinski definition) is 6. The number of carbonyl (C=O) groups excluding carboxylic acids is 1. The molecule has 0 unspecified atom stereocenters. The number of β-amino-alcohol motifs (C(OH)–C–C–N with tert-alkyl or cyclic N) is 1. The van der Waals surface area contributed by atoms with Gasteiger partial charge < -0.3 is 30.1 Å². The van der Waals surface area contributed by atoms with Gasteiger partial charge in [0.15, 0.2) is 0 Å². The van der Waals surface area contributed by atoms with Crippen LogP contribution in [-0.4, -0.2) is 103 Å². The minimum absolute atomic E-state index is 0.000373. The molecule has 0 aromatic heterocycles. The van der Waals surface area contributed by atoms with E-state index in [9.17, 15) is 15.0 Å². The van der Waals surface area contributed by atoms with Crippen LogP contribution >= 0.6 is 0 Å². The van der Waals surface area contributed by atoms with Crippen LogP contribution in [0.1, 0.15) is 17.0 Å². The quantitative estimate of drug-likeness (QED) is 0.567. The lowest BCUT2D eigenvalue weighted by Gasteiger charge is -2.59. The summed E-state index contributed by atoms with van der Waals surface area (Å²) in [5, 5.41) is 24.3. The summed E-state index contributed by atoms with van der Waals surface area (Å²) >= 11 is 0. The maximum Gasteiger partial charge on any atom is 0.321 e. The predicted molar refractivity (Wildman–Crippen MR) is 136 cm³/mol. The van der Waals surface area contributed by atoms with E-state index in [4.69, 9.17) is 11.2 Å². The number of benzene rings is 2. The lowest BCUT2D eigenvalue weighted by atomic mass is 9.73. The Morgan fingerprint density at radius 3 is 2.34 bits per heavy atom. The number of nitrogens with one attached hydrogen (secondary N) is 1. The zero-order valence-corrected chi connectivity index (χ0v) is 20.5. The molecule has 3 N–H and O–H groups in total. The summed E-state index contributed by atoms with van der Waals surface area (Å²) in [5.74, 6) is 3.51. The fourth-order valence-corrected chi connectivity index (χ4v) is 5.17. The van der Waals surface area contributed by atoms with Crippen molar-refractivity contribution in [3.05, 3.63) is 59.7 Å². The topological polar surface area (TPSA) is 88.5 Å². The van der Waals surface area contributed by atoms with Crippen LogP contribution in [0.4, 0.5) is 10.5 Å². The van der Waals surface area contributed by atoms with Crippen molar-refractivity contribution in [2.45, 2.75) is 30.2 Å². The lowest BCUT2D eigenvalue weighted by Crippen LogP contribution is -2.71. The Bertz CT molecular complexity index is 1050. The number of nitrogens with zero attached hydrogens (tertiary/aromatic N) is 3. The van der Waals surface area contributed by atoms with Gasteiger partial charge in [-0.05, 0) is 56.1 Å². The van der Waals surface area contributed by atoms with Crippen molar-refractivity contribution in [3.8, 4) is 18.1 Å². The Labute approximate surface area is 207 Å². The third-order valence-corrected chi connectivity index (χ3v) is 6.98. The maximum atomic E-state index is 13.2. The highest BCUT2D eigenvalue weighted by Gasteiger charge is 2.51. The number of methoxy groups -OCH3 is 1. The van der Waals surface area contributed by atoms with Crippen molar-refractivity contribution in [2.75, 3.05) is 52.7 Å². The molecule has 2 heterocycles. The van der Waals surface area contributed by atoms with Crippen molar-refractivity contribution >= 4 is 11.7 Å². The second kappa shape index (κ2) is 10.7. The predicted octanol–water partition coefficient (Wildman–Crippen LogP) is 1.64. The Morgan fingerprint density at radius 1 is 1.09 bits per heavy atom. The minimum atomic E-state index is -1.04. The van der Waals surface area contributed by atoms with Gasteiger partial charge in [-0.25, -0.2) is 4.79 Å². The van der Waals surface area contributed by atoms with E-state index in [1.807, 2.05) is 26.2 Å². The Morgan fingerprint density at radius 2 is 1.74 bits per heavy atom. The molecule has 8 heteroatoms. The normalized spacial score (nSPS) is 26.7. The number of ether oxygens (including phenoxy) is 1. The first-order valence-corrected chi connectivity index (χ1v) is 11.8. The Hall–Kier alpha value is -3.09. The first kappa shape index (κ1) is 25.0. The van der Waals surface area contributed by atoms with Crippen molar-refractivity contribution < 1.29 is 19.7 Å². The van der Waals surface area contributed by atoms with Crippen molar-refractivity contribution in [3.63, 3.8) is 0 Å². The third kappa shape index (κ3) is 5.44. The maximum absolute atomic E-state index is 13.2. The highest BCUT2D eigenvalue weighted by Crippen LogP contribution is 2.42. The Balaban J connectivity index is 1.59. The number of amides is 2. The van der Waals surface area contributed by atoms with E-state index in [0.29, 0.717) is 24.5 Å². The van der Waals surface area contributed by atoms with E-state index in [1.54, 1.807) is 36.3 Å². The van der Waals surface area contributed by atoms with Gasteiger partial charge in [-0.3, -0.25) is 4.90 Å². The average Bonchev–Trinajstić information content (AvgIpc) is 2.85. The highest BCUT2D eigenvalue weighted by molar-refractivity contribution is 5.89. The summed E-state index contributed by atoms with van der Waals surface area (Å²) < 4.78 is 5.18. The summed E-state index contributed by atoms with van der Waals surface area (Å²) in [7, 11) is 5.64. The molecule has 2 aliphatic rings. The van der Waals surface area contributed by atoms with Crippen LogP contribution in [0.3, 0.4) is 0 Å². The molecule has 2 saturated heterocycles. The number of urea groups is 1. The fourth-order valence-electron chi connectivity index (χ4n) is 5.17. The number of terminal acetylenes is 1. The number of aliphatic hydroxyl groups excluding tert-OH is 2. The molecule has 8 nitrogen and oxygen atoms in total. The summed E-state index contributed by atoms with van der Waals surface area (Å²) in [6.07, 6.45) is 3.55. The van der Waals surface area contributed by atoms with Gasteiger partial charge in [0.2, 0.25) is 0 Å². The molecule has 0 bridgehead atoms. The number of likely N-dealkylation sites (N-methyl/N-ethyl adjacent to an activating group) is 1. The summed E-state index contributed by atoms with van der Waals surface area (Å²) in [6.45, 7) is 1.63. The van der Waals surface area contributed by atoms with Crippen LogP contribution in [0, 0.1) is 12.3 Å². The van der Waals surface area contributed by atoms with Crippen molar-refractivity contribution in [2.24, 2.45) is 0 Å². The van der Waals surface area contributed by atoms with E-state index < -0.39 is 12.2 Å². The monoisotopic (exact) mass is 478 g/mol. The highest BCUT2D eigenvalue weighted by atomic mass is 16.5. The van der Waals surface area contributed by atoms with Gasteiger partial charge in [0.1, 0.15) is 5.75 Å². The number of fused-ring (bicyclic) bond motifs is 1. The molecular formula is C27H34N4O4. The van der Waals surface area contributed by atoms with Crippen LogP contribution in [0.25, 0.3) is 0 Å². The van der Waals surface area contributed by atoms with Crippen LogP contribution in [0.15, 0.2) is 48.5 Å². The Kier molecular flexibility index (Phi) is 7.63. The van der Waals surface area contributed by atoms with Crippen LogP contribution < -0.4 is 10.1 Å². The van der Waals surface area contributed by atoms with Gasteiger partial charge in [0.05, 0.1) is 25.9 Å². The zero-order chi connectivity index (χ0) is 25.1. The number of rotatable bonds is 5. The molecule has 0 aliphatic carbocycles. The molecule has 0 radical (unpaired) electrons. The number of anilines is 1. The van der Waals surface area contributed by atoms with E-state index in [0.717, 1.165) is 17.7 Å². The molecule has 2 aliphatic heterocycles. The molecule has 5 atom stereocenters. The van der Waals surface area contributed by atoms with E-state index in [2.05, 4.69) is 33.2 Å². The molecule has 2 amide bonds. The molecular weight excluding hydrogens is 444 g/mol. The number of carbonyl (C=O) groups is 1. The van der Waals surface area contributed by atoms with Gasteiger partial charge in [-0.2, -0.15) is 0 Å². The average molecular weight is 479 g/mol. The van der Waals surface area contributed by atoms with Crippen molar-refractivity contribution in [1.29, 1.82) is 0 Å². The van der Waals surface area contributed by atoms with Gasteiger partial charge in [-0.1, -0.05) is 18.1 Å². The smallest absolute Gasteiger partial charge is 0.321 e.